The molecule has 0 aromatic heterocycles. The summed E-state index contributed by atoms with van der Waals surface area (Å²) in [4.78, 5) is 54.5. The first-order valence-electron chi connectivity index (χ1n) is 15.2. The van der Waals surface area contributed by atoms with Crippen LogP contribution in [0, 0.1) is 0 Å². The van der Waals surface area contributed by atoms with Crippen molar-refractivity contribution in [3.05, 3.63) is 89.5 Å². The molecule has 0 fully saturated rings. The molecule has 3 aromatic carbocycles. The van der Waals surface area contributed by atoms with Gasteiger partial charge in [0.15, 0.2) is 0 Å². The third kappa shape index (κ3) is 7.52. The van der Waals surface area contributed by atoms with Crippen LogP contribution in [-0.4, -0.2) is 54.5 Å². The molecule has 3 aliphatic rings. The van der Waals surface area contributed by atoms with Crippen LogP contribution in [0.1, 0.15) is 61.5 Å². The number of hydrogen-bond donors (Lipinski definition) is 3. The second-order valence-corrected chi connectivity index (χ2v) is 12.2. The number of esters is 1. The largest absolute Gasteiger partial charge is 0.461 e. The summed E-state index contributed by atoms with van der Waals surface area (Å²) in [5.41, 5.74) is 4.33. The lowest BCUT2D eigenvalue weighted by Gasteiger charge is -2.29. The lowest BCUT2D eigenvalue weighted by Crippen LogP contribution is -2.51. The second kappa shape index (κ2) is 13.4. The van der Waals surface area contributed by atoms with Crippen LogP contribution in [-0.2, 0) is 32.1 Å². The molecule has 3 aliphatic heterocycles. The number of rotatable bonds is 0. The number of fused-ring (bicyclic) bond motifs is 15. The Morgan fingerprint density at radius 1 is 0.864 bits per heavy atom. The Labute approximate surface area is 258 Å². The highest BCUT2D eigenvalue weighted by Gasteiger charge is 2.33. The Morgan fingerprint density at radius 2 is 1.57 bits per heavy atom. The van der Waals surface area contributed by atoms with Crippen molar-refractivity contribution in [3.63, 3.8) is 0 Å². The number of aryl methyl sites for hydroxylation is 1. The number of amides is 3. The van der Waals surface area contributed by atoms with Gasteiger partial charge in [0.1, 0.15) is 12.1 Å². The van der Waals surface area contributed by atoms with E-state index in [1.165, 1.54) is 0 Å². The zero-order valence-corrected chi connectivity index (χ0v) is 25.5. The van der Waals surface area contributed by atoms with Gasteiger partial charge in [0.2, 0.25) is 11.8 Å². The van der Waals surface area contributed by atoms with Crippen LogP contribution in [0.3, 0.4) is 0 Å². The summed E-state index contributed by atoms with van der Waals surface area (Å²) < 4.78 is 5.53. The van der Waals surface area contributed by atoms with Crippen LogP contribution in [0.25, 0.3) is 11.1 Å². The molecule has 230 valence electrons. The van der Waals surface area contributed by atoms with Gasteiger partial charge in [0.05, 0.1) is 13.0 Å². The maximum Gasteiger partial charge on any atom is 0.307 e. The minimum atomic E-state index is -0.670. The van der Waals surface area contributed by atoms with Gasteiger partial charge in [-0.3, -0.25) is 19.2 Å². The number of nitrogens with one attached hydrogen (secondary N) is 3. The van der Waals surface area contributed by atoms with E-state index < -0.39 is 23.7 Å². The molecule has 3 amide bonds. The number of carbonyl (C=O) groups is 4. The molecule has 3 heterocycles. The number of ether oxygens (including phenoxy) is 1. The summed E-state index contributed by atoms with van der Waals surface area (Å²) in [5.74, 6) is -1.08. The number of hydrogen-bond acceptors (Lipinski definition) is 6. The fourth-order valence-electron chi connectivity index (χ4n) is 5.75. The maximum atomic E-state index is 14.0. The molecular formula is C35H40N4O5. The third-order valence-electron chi connectivity index (χ3n) is 8.08. The Morgan fingerprint density at radius 3 is 2.34 bits per heavy atom. The van der Waals surface area contributed by atoms with E-state index in [1.54, 1.807) is 24.0 Å². The third-order valence-corrected chi connectivity index (χ3v) is 8.08. The van der Waals surface area contributed by atoms with Crippen LogP contribution >= 0.6 is 0 Å². The van der Waals surface area contributed by atoms with E-state index in [0.29, 0.717) is 31.5 Å². The van der Waals surface area contributed by atoms with Crippen molar-refractivity contribution in [3.8, 4) is 11.1 Å². The number of carbonyl (C=O) groups excluding carboxylic acids is 4. The van der Waals surface area contributed by atoms with Gasteiger partial charge in [-0.1, -0.05) is 60.7 Å². The van der Waals surface area contributed by atoms with Gasteiger partial charge in [-0.05, 0) is 68.0 Å². The van der Waals surface area contributed by atoms with Gasteiger partial charge in [0.25, 0.3) is 5.91 Å². The molecule has 2 atom stereocenters. The molecule has 0 spiro atoms. The summed E-state index contributed by atoms with van der Waals surface area (Å²) >= 11 is 0. The molecule has 9 heteroatoms. The van der Waals surface area contributed by atoms with Gasteiger partial charge in [0, 0.05) is 36.3 Å². The standard InChI is InChI=1S/C35H40N4O5/c1-23-21-37-35(2,3)20-31(40)38-29-17-16-26-8-4-7-11-30(26)39(34(29)43)22-24-12-14-25(15-13-24)27-9-5-6-10-28(27)33(42)36-19-18-32(41)44-23/h4-15,23,29,37H,16-22H2,1-3H3,(H,36,42)(H,38,40)/t23?,29-/m1/s1. The topological polar surface area (TPSA) is 117 Å². The SMILES string of the molecule is CC1CNC(C)(C)CC(=O)N[C@@H]2CCc3ccccc3N(Cc3ccc(cc3)-c3ccccc3C(=O)NCCC(=O)O1)C2=O. The van der Waals surface area contributed by atoms with Gasteiger partial charge >= 0.3 is 5.97 Å². The summed E-state index contributed by atoms with van der Waals surface area (Å²) in [5, 5.41) is 9.15. The summed E-state index contributed by atoms with van der Waals surface area (Å²) in [7, 11) is 0. The first kappa shape index (κ1) is 30.9. The minimum absolute atomic E-state index is 0.0355. The maximum absolute atomic E-state index is 14.0. The predicted molar refractivity (Wildman–Crippen MR) is 169 cm³/mol. The fourth-order valence-corrected chi connectivity index (χ4v) is 5.75. The van der Waals surface area contributed by atoms with Crippen LogP contribution < -0.4 is 20.9 Å². The van der Waals surface area contributed by atoms with Crippen molar-refractivity contribution in [2.75, 3.05) is 18.0 Å². The van der Waals surface area contributed by atoms with E-state index in [0.717, 1.165) is 27.9 Å². The molecule has 3 N–H and O–H groups in total. The molecule has 44 heavy (non-hydrogen) atoms. The van der Waals surface area contributed by atoms with E-state index in [-0.39, 0.29) is 37.1 Å². The van der Waals surface area contributed by atoms with Crippen molar-refractivity contribution in [2.24, 2.45) is 0 Å². The highest BCUT2D eigenvalue weighted by atomic mass is 16.5. The minimum Gasteiger partial charge on any atom is -0.461 e. The van der Waals surface area contributed by atoms with Crippen LogP contribution in [0.5, 0.6) is 0 Å². The van der Waals surface area contributed by atoms with E-state index in [9.17, 15) is 19.2 Å². The molecule has 0 radical (unpaired) electrons. The first-order chi connectivity index (χ1) is 21.1. The van der Waals surface area contributed by atoms with Gasteiger partial charge in [-0.25, -0.2) is 0 Å². The molecule has 0 saturated heterocycles. The smallest absolute Gasteiger partial charge is 0.307 e. The van der Waals surface area contributed by atoms with Crippen molar-refractivity contribution in [2.45, 2.75) is 70.7 Å². The van der Waals surface area contributed by atoms with E-state index in [1.807, 2.05) is 74.5 Å². The highest BCUT2D eigenvalue weighted by molar-refractivity contribution is 6.01. The quantitative estimate of drug-likeness (QED) is 0.336. The second-order valence-electron chi connectivity index (χ2n) is 12.2. The molecule has 1 unspecified atom stereocenters. The summed E-state index contributed by atoms with van der Waals surface area (Å²) in [6, 6.07) is 22.3. The lowest BCUT2D eigenvalue weighted by molar-refractivity contribution is -0.148. The van der Waals surface area contributed by atoms with Crippen LogP contribution in [0.2, 0.25) is 0 Å². The van der Waals surface area contributed by atoms with Gasteiger partial charge in [-0.2, -0.15) is 0 Å². The average molecular weight is 597 g/mol. The Kier molecular flexibility index (Phi) is 9.44. The molecule has 0 saturated carbocycles. The predicted octanol–water partition coefficient (Wildman–Crippen LogP) is 4.14. The number of benzene rings is 3. The molecule has 9 nitrogen and oxygen atoms in total. The Balaban J connectivity index is 1.46. The van der Waals surface area contributed by atoms with E-state index in [4.69, 9.17) is 4.74 Å². The summed E-state index contributed by atoms with van der Waals surface area (Å²) in [6.45, 7) is 6.40. The van der Waals surface area contributed by atoms with Crippen molar-refractivity contribution < 1.29 is 23.9 Å². The molecule has 6 rings (SSSR count). The van der Waals surface area contributed by atoms with Crippen molar-refractivity contribution in [1.82, 2.24) is 16.0 Å². The lowest BCUT2D eigenvalue weighted by atomic mass is 9.98. The zero-order valence-electron chi connectivity index (χ0n) is 25.5. The van der Waals surface area contributed by atoms with E-state index >= 15 is 0 Å². The monoisotopic (exact) mass is 596 g/mol. The zero-order chi connectivity index (χ0) is 31.3. The number of para-hydroxylation sites is 1. The molecule has 3 aromatic rings. The van der Waals surface area contributed by atoms with Gasteiger partial charge in [-0.15, -0.1) is 0 Å². The summed E-state index contributed by atoms with van der Waals surface area (Å²) in [6.07, 6.45) is 0.885. The van der Waals surface area contributed by atoms with Crippen molar-refractivity contribution >= 4 is 29.4 Å². The number of nitrogens with zero attached hydrogens (tertiary/aromatic N) is 1. The highest BCUT2D eigenvalue weighted by Crippen LogP contribution is 2.30. The Hall–Kier alpha value is -4.50. The normalized spacial score (nSPS) is 21.7. The molecule has 0 aliphatic carbocycles. The van der Waals surface area contributed by atoms with Crippen LogP contribution in [0.4, 0.5) is 5.69 Å². The van der Waals surface area contributed by atoms with Crippen LogP contribution in [0.15, 0.2) is 72.8 Å². The Bertz CT molecular complexity index is 1530. The fraction of sp³-hybridized carbons (Fsp3) is 0.371. The number of anilines is 1. The van der Waals surface area contributed by atoms with E-state index in [2.05, 4.69) is 16.0 Å². The van der Waals surface area contributed by atoms with Crippen molar-refractivity contribution in [1.29, 1.82) is 0 Å². The van der Waals surface area contributed by atoms with Gasteiger partial charge < -0.3 is 25.6 Å². The average Bonchev–Trinajstić information content (AvgIpc) is 3.12. The first-order valence-corrected chi connectivity index (χ1v) is 15.2. The molecule has 4 bridgehead atoms. The molecular weight excluding hydrogens is 556 g/mol.